The van der Waals surface area contributed by atoms with Gasteiger partial charge in [0.25, 0.3) is 5.56 Å². The Morgan fingerprint density at radius 3 is 2.52 bits per heavy atom. The number of aromatic amines is 1. The predicted molar refractivity (Wildman–Crippen MR) is 93.7 cm³/mol. The SMILES string of the molecule is CCCn1c(N2CCN(CC(N)=O)CC2)nc2c1c(=O)[nH]c(=O)n2C. The van der Waals surface area contributed by atoms with Gasteiger partial charge in [-0.1, -0.05) is 6.92 Å². The molecule has 2 aromatic heterocycles. The van der Waals surface area contributed by atoms with Crippen molar-refractivity contribution in [3.63, 3.8) is 0 Å². The van der Waals surface area contributed by atoms with Crippen LogP contribution in [0.15, 0.2) is 9.59 Å². The van der Waals surface area contributed by atoms with E-state index in [2.05, 4.69) is 14.9 Å². The largest absolute Gasteiger partial charge is 0.369 e. The number of anilines is 1. The lowest BCUT2D eigenvalue weighted by Crippen LogP contribution is -2.49. The van der Waals surface area contributed by atoms with Gasteiger partial charge in [-0.3, -0.25) is 24.0 Å². The number of carbonyl (C=O) groups excluding carboxylic acids is 1. The highest BCUT2D eigenvalue weighted by Gasteiger charge is 2.24. The minimum Gasteiger partial charge on any atom is -0.369 e. The molecule has 0 atom stereocenters. The summed E-state index contributed by atoms with van der Waals surface area (Å²) in [5.41, 5.74) is 5.16. The quantitative estimate of drug-likeness (QED) is 0.673. The van der Waals surface area contributed by atoms with Gasteiger partial charge < -0.3 is 15.2 Å². The number of aromatic nitrogens is 4. The van der Waals surface area contributed by atoms with Gasteiger partial charge in [0.05, 0.1) is 6.54 Å². The average Bonchev–Trinajstić information content (AvgIpc) is 2.93. The number of nitrogens with two attached hydrogens (primary N) is 1. The molecule has 3 rings (SSSR count). The third kappa shape index (κ3) is 3.16. The normalized spacial score (nSPS) is 15.8. The van der Waals surface area contributed by atoms with Crippen molar-refractivity contribution in [2.45, 2.75) is 19.9 Å². The minimum atomic E-state index is -0.475. The highest BCUT2D eigenvalue weighted by atomic mass is 16.2. The van der Waals surface area contributed by atoms with Gasteiger partial charge in [-0.25, -0.2) is 4.79 Å². The molecule has 1 fully saturated rings. The van der Waals surface area contributed by atoms with Gasteiger partial charge in [0.1, 0.15) is 0 Å². The first kappa shape index (κ1) is 17.2. The molecule has 136 valence electrons. The lowest BCUT2D eigenvalue weighted by atomic mass is 10.3. The minimum absolute atomic E-state index is 0.243. The molecule has 1 aliphatic heterocycles. The van der Waals surface area contributed by atoms with Crippen LogP contribution in [0.4, 0.5) is 5.95 Å². The molecule has 0 bridgehead atoms. The van der Waals surface area contributed by atoms with E-state index in [9.17, 15) is 14.4 Å². The number of piperazine rings is 1. The number of hydrogen-bond donors (Lipinski definition) is 2. The van der Waals surface area contributed by atoms with E-state index in [4.69, 9.17) is 5.73 Å². The zero-order chi connectivity index (χ0) is 18.1. The van der Waals surface area contributed by atoms with Crippen molar-refractivity contribution < 1.29 is 4.79 Å². The zero-order valence-corrected chi connectivity index (χ0v) is 14.5. The van der Waals surface area contributed by atoms with Crippen molar-refractivity contribution in [3.8, 4) is 0 Å². The Hall–Kier alpha value is -2.62. The van der Waals surface area contributed by atoms with Crippen LogP contribution in [0.25, 0.3) is 11.2 Å². The highest BCUT2D eigenvalue weighted by Crippen LogP contribution is 2.21. The molecule has 10 heteroatoms. The van der Waals surface area contributed by atoms with Crippen LogP contribution in [-0.2, 0) is 18.4 Å². The van der Waals surface area contributed by atoms with E-state index in [-0.39, 0.29) is 12.5 Å². The van der Waals surface area contributed by atoms with E-state index in [1.807, 2.05) is 16.4 Å². The van der Waals surface area contributed by atoms with Gasteiger partial charge in [0.15, 0.2) is 11.2 Å². The van der Waals surface area contributed by atoms with E-state index in [0.717, 1.165) is 6.42 Å². The van der Waals surface area contributed by atoms with Gasteiger partial charge in [-0.05, 0) is 6.42 Å². The standard InChI is InChI=1S/C15H23N7O3/c1-3-4-22-11-12(19(2)15(25)18-13(11)24)17-14(22)21-7-5-20(6-8-21)9-10(16)23/h3-9H2,1-2H3,(H2,16,23)(H,18,24,25). The molecule has 3 N–H and O–H groups in total. The Balaban J connectivity index is 1.99. The number of hydrogen-bond acceptors (Lipinski definition) is 6. The molecule has 0 unspecified atom stereocenters. The van der Waals surface area contributed by atoms with Gasteiger partial charge >= 0.3 is 5.69 Å². The van der Waals surface area contributed by atoms with E-state index in [0.29, 0.717) is 49.8 Å². The number of nitrogens with one attached hydrogen (secondary N) is 1. The third-order valence-corrected chi connectivity index (χ3v) is 4.47. The molecule has 1 amide bonds. The second-order valence-electron chi connectivity index (χ2n) is 6.28. The van der Waals surface area contributed by atoms with Crippen LogP contribution in [0, 0.1) is 0 Å². The number of H-pyrrole nitrogens is 1. The molecule has 1 aliphatic rings. The summed E-state index contributed by atoms with van der Waals surface area (Å²) in [6, 6.07) is 0. The molecular formula is C15H23N7O3. The van der Waals surface area contributed by atoms with Crippen molar-refractivity contribution in [3.05, 3.63) is 20.8 Å². The summed E-state index contributed by atoms with van der Waals surface area (Å²) in [7, 11) is 1.60. The van der Waals surface area contributed by atoms with Crippen LogP contribution in [0.3, 0.4) is 0 Å². The summed E-state index contributed by atoms with van der Waals surface area (Å²) in [5, 5.41) is 0. The Labute approximate surface area is 143 Å². The van der Waals surface area contributed by atoms with Crippen LogP contribution in [0.5, 0.6) is 0 Å². The molecule has 0 radical (unpaired) electrons. The third-order valence-electron chi connectivity index (χ3n) is 4.47. The van der Waals surface area contributed by atoms with Gasteiger partial charge in [0, 0.05) is 39.8 Å². The van der Waals surface area contributed by atoms with Gasteiger partial charge in [0.2, 0.25) is 11.9 Å². The van der Waals surface area contributed by atoms with Crippen molar-refractivity contribution in [1.82, 2.24) is 24.0 Å². The molecular weight excluding hydrogens is 326 g/mol. The average molecular weight is 349 g/mol. The maximum atomic E-state index is 12.3. The maximum Gasteiger partial charge on any atom is 0.329 e. The van der Waals surface area contributed by atoms with Crippen LogP contribution in [0.1, 0.15) is 13.3 Å². The molecule has 10 nitrogen and oxygen atoms in total. The van der Waals surface area contributed by atoms with Gasteiger partial charge in [-0.2, -0.15) is 4.98 Å². The summed E-state index contributed by atoms with van der Waals surface area (Å²) in [4.78, 5) is 46.2. The number of aryl methyl sites for hydroxylation is 2. The van der Waals surface area contributed by atoms with Crippen molar-refractivity contribution in [2.75, 3.05) is 37.6 Å². The summed E-state index contributed by atoms with van der Waals surface area (Å²) < 4.78 is 3.23. The fraction of sp³-hybridized carbons (Fsp3) is 0.600. The monoisotopic (exact) mass is 349 g/mol. The Kier molecular flexibility index (Phi) is 4.62. The lowest BCUT2D eigenvalue weighted by Gasteiger charge is -2.34. The molecule has 0 aromatic carbocycles. The maximum absolute atomic E-state index is 12.3. The number of nitrogens with zero attached hydrogens (tertiary/aromatic N) is 5. The fourth-order valence-corrected chi connectivity index (χ4v) is 3.23. The molecule has 0 saturated carbocycles. The molecule has 25 heavy (non-hydrogen) atoms. The Morgan fingerprint density at radius 2 is 1.92 bits per heavy atom. The highest BCUT2D eigenvalue weighted by molar-refractivity contribution is 5.76. The first-order chi connectivity index (χ1) is 11.9. The zero-order valence-electron chi connectivity index (χ0n) is 14.5. The number of carbonyl (C=O) groups is 1. The first-order valence-electron chi connectivity index (χ1n) is 8.37. The van der Waals surface area contributed by atoms with Crippen molar-refractivity contribution >= 4 is 23.0 Å². The first-order valence-corrected chi connectivity index (χ1v) is 8.37. The van der Waals surface area contributed by atoms with Crippen LogP contribution >= 0.6 is 0 Å². The predicted octanol–water partition coefficient (Wildman–Crippen LogP) is -1.56. The number of fused-ring (bicyclic) bond motifs is 1. The molecule has 0 spiro atoms. The van der Waals surface area contributed by atoms with E-state index >= 15 is 0 Å². The smallest absolute Gasteiger partial charge is 0.329 e. The topological polar surface area (TPSA) is 122 Å². The van der Waals surface area contributed by atoms with Crippen molar-refractivity contribution in [1.29, 1.82) is 0 Å². The second-order valence-corrected chi connectivity index (χ2v) is 6.28. The van der Waals surface area contributed by atoms with E-state index in [1.54, 1.807) is 7.05 Å². The van der Waals surface area contributed by atoms with Gasteiger partial charge in [-0.15, -0.1) is 0 Å². The molecule has 3 heterocycles. The number of amides is 1. The Bertz CT molecular complexity index is 902. The van der Waals surface area contributed by atoms with Crippen LogP contribution in [0.2, 0.25) is 0 Å². The summed E-state index contributed by atoms with van der Waals surface area (Å²) in [6.07, 6.45) is 0.836. The summed E-state index contributed by atoms with van der Waals surface area (Å²) in [5.74, 6) is 0.343. The fourth-order valence-electron chi connectivity index (χ4n) is 3.23. The lowest BCUT2D eigenvalue weighted by molar-refractivity contribution is -0.119. The van der Waals surface area contributed by atoms with Crippen molar-refractivity contribution in [2.24, 2.45) is 12.8 Å². The molecule has 2 aromatic rings. The van der Waals surface area contributed by atoms with E-state index < -0.39 is 11.2 Å². The van der Waals surface area contributed by atoms with Crippen LogP contribution < -0.4 is 21.9 Å². The molecule has 0 aliphatic carbocycles. The summed E-state index contributed by atoms with van der Waals surface area (Å²) >= 11 is 0. The van der Waals surface area contributed by atoms with Crippen LogP contribution in [-0.4, -0.2) is 62.6 Å². The molecule has 1 saturated heterocycles. The number of rotatable bonds is 5. The Morgan fingerprint density at radius 1 is 1.24 bits per heavy atom. The number of imidazole rings is 1. The second kappa shape index (κ2) is 6.71. The summed E-state index contributed by atoms with van der Waals surface area (Å²) in [6.45, 7) is 5.62. The number of primary amides is 1. The van der Waals surface area contributed by atoms with E-state index in [1.165, 1.54) is 4.57 Å².